The first-order valence-electron chi connectivity index (χ1n) is 6.43. The molecule has 2 N–H and O–H groups in total. The Hall–Kier alpha value is -1.59. The van der Waals surface area contributed by atoms with Crippen molar-refractivity contribution in [1.82, 2.24) is 10.2 Å². The van der Waals surface area contributed by atoms with Gasteiger partial charge in [0.15, 0.2) is 0 Å². The molecule has 1 aliphatic heterocycles. The van der Waals surface area contributed by atoms with Crippen molar-refractivity contribution in [2.75, 3.05) is 6.54 Å². The third kappa shape index (κ3) is 3.45. The zero-order valence-corrected chi connectivity index (χ0v) is 11.8. The van der Waals surface area contributed by atoms with E-state index in [9.17, 15) is 14.4 Å². The van der Waals surface area contributed by atoms with Crippen molar-refractivity contribution in [2.24, 2.45) is 11.3 Å². The predicted octanol–water partition coefficient (Wildman–Crippen LogP) is 1.10. The highest BCUT2D eigenvalue weighted by atomic mass is 16.4. The molecule has 1 heterocycles. The Kier molecular flexibility index (Phi) is 4.55. The molecule has 6 heteroatoms. The van der Waals surface area contributed by atoms with Crippen molar-refractivity contribution < 1.29 is 19.5 Å². The lowest BCUT2D eigenvalue weighted by atomic mass is 9.85. The Morgan fingerprint density at radius 2 is 2.00 bits per heavy atom. The summed E-state index contributed by atoms with van der Waals surface area (Å²) in [5.41, 5.74) is -0.547. The van der Waals surface area contributed by atoms with E-state index in [1.165, 1.54) is 4.90 Å². The molecule has 19 heavy (non-hydrogen) atoms. The maximum atomic E-state index is 12.5. The third-order valence-corrected chi connectivity index (χ3v) is 3.57. The number of carboxylic acid groups (broad SMARTS) is 1. The summed E-state index contributed by atoms with van der Waals surface area (Å²) in [4.78, 5) is 35.9. The van der Waals surface area contributed by atoms with E-state index in [4.69, 9.17) is 5.11 Å². The lowest BCUT2D eigenvalue weighted by Crippen LogP contribution is -2.56. The van der Waals surface area contributed by atoms with Crippen molar-refractivity contribution >= 4 is 18.3 Å². The van der Waals surface area contributed by atoms with E-state index in [0.717, 1.165) is 12.7 Å². The van der Waals surface area contributed by atoms with Gasteiger partial charge in [0.1, 0.15) is 12.3 Å². The molecule has 0 bridgehead atoms. The van der Waals surface area contributed by atoms with Crippen LogP contribution in [0.2, 0.25) is 0 Å². The predicted molar refractivity (Wildman–Crippen MR) is 69.7 cm³/mol. The van der Waals surface area contributed by atoms with Crippen LogP contribution >= 0.6 is 0 Å². The maximum Gasteiger partial charge on any atom is 0.405 e. The fraction of sp³-hybridized carbons (Fsp3) is 0.769. The van der Waals surface area contributed by atoms with Gasteiger partial charge in [-0.05, 0) is 17.8 Å². The zero-order chi connectivity index (χ0) is 14.8. The molecule has 0 radical (unpaired) electrons. The van der Waals surface area contributed by atoms with Crippen LogP contribution in [0, 0.1) is 11.3 Å². The quantitative estimate of drug-likeness (QED) is 0.752. The number of hydrogen-bond acceptors (Lipinski definition) is 3. The molecule has 0 unspecified atom stereocenters. The van der Waals surface area contributed by atoms with Crippen molar-refractivity contribution in [3.8, 4) is 0 Å². The fourth-order valence-electron chi connectivity index (χ4n) is 2.37. The maximum absolute atomic E-state index is 12.5. The van der Waals surface area contributed by atoms with E-state index in [-0.39, 0.29) is 11.8 Å². The average Bonchev–Trinajstić information content (AvgIpc) is 2.64. The fourth-order valence-corrected chi connectivity index (χ4v) is 2.37. The second-order valence-corrected chi connectivity index (χ2v) is 6.17. The zero-order valence-electron chi connectivity index (χ0n) is 11.8. The Labute approximate surface area is 113 Å². The lowest BCUT2D eigenvalue weighted by Gasteiger charge is -2.34. The van der Waals surface area contributed by atoms with Gasteiger partial charge in [-0.1, -0.05) is 27.7 Å². The van der Waals surface area contributed by atoms with E-state index in [1.807, 2.05) is 6.92 Å². The standard InChI is InChI=1S/C13H22N2O4/c1-8-5-6-15(9(8)7-16)11(17)10(13(2,3)4)14-12(18)19/h7-10,14H,5-6H2,1-4H3,(H,18,19)/t8-,9-,10-/m1/s1. The van der Waals surface area contributed by atoms with Gasteiger partial charge in [-0.2, -0.15) is 0 Å². The number of carbonyl (C=O) groups is 3. The molecule has 0 aromatic carbocycles. The molecular formula is C13H22N2O4. The monoisotopic (exact) mass is 270 g/mol. The molecule has 0 aliphatic carbocycles. The summed E-state index contributed by atoms with van der Waals surface area (Å²) in [5.74, 6) is -0.205. The molecule has 1 fully saturated rings. The topological polar surface area (TPSA) is 86.7 Å². The van der Waals surface area contributed by atoms with Crippen molar-refractivity contribution in [2.45, 2.75) is 46.2 Å². The molecule has 1 aliphatic rings. The van der Waals surface area contributed by atoms with Crippen LogP contribution in [-0.4, -0.2) is 46.9 Å². The van der Waals surface area contributed by atoms with Gasteiger partial charge in [0, 0.05) is 6.54 Å². The van der Waals surface area contributed by atoms with E-state index in [0.29, 0.717) is 6.54 Å². The number of hydrogen-bond donors (Lipinski definition) is 2. The SMILES string of the molecule is C[C@@H]1CCN(C(=O)[C@@H](NC(=O)O)C(C)(C)C)[C@@H]1C=O. The summed E-state index contributed by atoms with van der Waals surface area (Å²) in [6.45, 7) is 7.79. The van der Waals surface area contributed by atoms with Crippen LogP contribution in [-0.2, 0) is 9.59 Å². The van der Waals surface area contributed by atoms with Gasteiger partial charge in [0.25, 0.3) is 0 Å². The van der Waals surface area contributed by atoms with Gasteiger partial charge >= 0.3 is 6.09 Å². The highest BCUT2D eigenvalue weighted by molar-refractivity contribution is 5.88. The van der Waals surface area contributed by atoms with Crippen LogP contribution in [0.5, 0.6) is 0 Å². The van der Waals surface area contributed by atoms with E-state index in [1.54, 1.807) is 20.8 Å². The minimum atomic E-state index is -1.23. The first-order valence-corrected chi connectivity index (χ1v) is 6.43. The van der Waals surface area contributed by atoms with Gasteiger partial charge < -0.3 is 20.1 Å². The van der Waals surface area contributed by atoms with Crippen LogP contribution in [0.3, 0.4) is 0 Å². The third-order valence-electron chi connectivity index (χ3n) is 3.57. The van der Waals surface area contributed by atoms with E-state index in [2.05, 4.69) is 5.32 Å². The normalized spacial score (nSPS) is 24.9. The molecule has 0 aromatic rings. The number of aldehydes is 1. The van der Waals surface area contributed by atoms with Gasteiger partial charge in [-0.3, -0.25) is 4.79 Å². The van der Waals surface area contributed by atoms with Crippen molar-refractivity contribution in [3.63, 3.8) is 0 Å². The van der Waals surface area contributed by atoms with Crippen LogP contribution in [0.15, 0.2) is 0 Å². The minimum absolute atomic E-state index is 0.117. The molecule has 1 rings (SSSR count). The second kappa shape index (κ2) is 5.59. The smallest absolute Gasteiger partial charge is 0.405 e. The second-order valence-electron chi connectivity index (χ2n) is 6.17. The van der Waals surface area contributed by atoms with Gasteiger partial charge in [-0.15, -0.1) is 0 Å². The van der Waals surface area contributed by atoms with Crippen LogP contribution < -0.4 is 5.32 Å². The van der Waals surface area contributed by atoms with Gasteiger partial charge in [-0.25, -0.2) is 4.79 Å². The Morgan fingerprint density at radius 3 is 2.42 bits per heavy atom. The first kappa shape index (κ1) is 15.5. The van der Waals surface area contributed by atoms with Gasteiger partial charge in [0.05, 0.1) is 6.04 Å². The number of nitrogens with one attached hydrogen (secondary N) is 1. The molecule has 2 amide bonds. The molecule has 3 atom stereocenters. The van der Waals surface area contributed by atoms with Crippen LogP contribution in [0.25, 0.3) is 0 Å². The summed E-state index contributed by atoms with van der Waals surface area (Å²) in [6.07, 6.45) is 0.304. The number of likely N-dealkylation sites (tertiary alicyclic amines) is 1. The van der Waals surface area contributed by atoms with E-state index >= 15 is 0 Å². The minimum Gasteiger partial charge on any atom is -0.465 e. The highest BCUT2D eigenvalue weighted by Gasteiger charge is 2.41. The summed E-state index contributed by atoms with van der Waals surface area (Å²) in [5, 5.41) is 11.1. The average molecular weight is 270 g/mol. The summed E-state index contributed by atoms with van der Waals surface area (Å²) < 4.78 is 0. The molecular weight excluding hydrogens is 248 g/mol. The Morgan fingerprint density at radius 1 is 1.42 bits per heavy atom. The van der Waals surface area contributed by atoms with Crippen molar-refractivity contribution in [1.29, 1.82) is 0 Å². The molecule has 1 saturated heterocycles. The van der Waals surface area contributed by atoms with Crippen LogP contribution in [0.4, 0.5) is 4.79 Å². The summed E-state index contributed by atoms with van der Waals surface area (Å²) >= 11 is 0. The first-order chi connectivity index (χ1) is 8.68. The van der Waals surface area contributed by atoms with Gasteiger partial charge in [0.2, 0.25) is 5.91 Å². The van der Waals surface area contributed by atoms with E-state index < -0.39 is 23.6 Å². The molecule has 0 saturated carbocycles. The van der Waals surface area contributed by atoms with Crippen LogP contribution in [0.1, 0.15) is 34.1 Å². The number of amides is 2. The number of nitrogens with zero attached hydrogens (tertiary/aromatic N) is 1. The summed E-state index contributed by atoms with van der Waals surface area (Å²) in [7, 11) is 0. The molecule has 6 nitrogen and oxygen atoms in total. The Balaban J connectivity index is 2.94. The highest BCUT2D eigenvalue weighted by Crippen LogP contribution is 2.27. The number of rotatable bonds is 3. The largest absolute Gasteiger partial charge is 0.465 e. The lowest BCUT2D eigenvalue weighted by molar-refractivity contribution is -0.139. The van der Waals surface area contributed by atoms with Crippen molar-refractivity contribution in [3.05, 3.63) is 0 Å². The molecule has 0 aromatic heterocycles. The molecule has 108 valence electrons. The summed E-state index contributed by atoms with van der Waals surface area (Å²) in [6, 6.07) is -1.30. The molecule has 0 spiro atoms. The Bertz CT molecular complexity index is 375. The number of carbonyl (C=O) groups excluding carboxylic acids is 2.